The number of hydrogen-bond donors (Lipinski definition) is 1. The molecule has 0 bridgehead atoms. The summed E-state index contributed by atoms with van der Waals surface area (Å²) in [6, 6.07) is 17.8. The van der Waals surface area contributed by atoms with E-state index in [-0.39, 0.29) is 18.8 Å². The molecule has 162 valence electrons. The van der Waals surface area contributed by atoms with Crippen LogP contribution in [-0.2, 0) is 4.74 Å². The van der Waals surface area contributed by atoms with Gasteiger partial charge in [-0.3, -0.25) is 4.79 Å². The molecule has 3 aromatic carbocycles. The maximum atomic E-state index is 13.4. The summed E-state index contributed by atoms with van der Waals surface area (Å²) >= 11 is 0. The molecule has 2 saturated heterocycles. The number of rotatable bonds is 2. The number of hydrogen-bond acceptors (Lipinski definition) is 5. The highest BCUT2D eigenvalue weighted by Gasteiger charge is 2.43. The highest BCUT2D eigenvalue weighted by Crippen LogP contribution is 2.39. The van der Waals surface area contributed by atoms with Gasteiger partial charge in [0.05, 0.1) is 6.54 Å². The van der Waals surface area contributed by atoms with E-state index < -0.39 is 5.60 Å². The third-order valence-corrected chi connectivity index (χ3v) is 6.66. The van der Waals surface area contributed by atoms with E-state index >= 15 is 0 Å². The number of nitrogens with zero attached hydrogens (tertiary/aromatic N) is 1. The Morgan fingerprint density at radius 2 is 1.72 bits per heavy atom. The zero-order chi connectivity index (χ0) is 21.7. The molecule has 7 nitrogen and oxygen atoms in total. The molecule has 32 heavy (non-hydrogen) atoms. The first-order valence-corrected chi connectivity index (χ1v) is 10.8. The smallest absolute Gasteiger partial charge is 0.407 e. The van der Waals surface area contributed by atoms with Gasteiger partial charge in [0.1, 0.15) is 5.60 Å². The fraction of sp³-hybridized carbons (Fsp3) is 0.280. The van der Waals surface area contributed by atoms with Crippen LogP contribution in [0.15, 0.2) is 54.6 Å². The number of carbonyl (C=O) groups excluding carboxylic acids is 2. The zero-order valence-corrected chi connectivity index (χ0v) is 17.4. The van der Waals surface area contributed by atoms with Crippen LogP contribution in [0.1, 0.15) is 23.2 Å². The molecule has 0 aliphatic carbocycles. The number of carbonyl (C=O) groups is 2. The summed E-state index contributed by atoms with van der Waals surface area (Å²) in [5, 5.41) is 4.67. The van der Waals surface area contributed by atoms with Gasteiger partial charge in [-0.1, -0.05) is 36.4 Å². The molecule has 3 aliphatic rings. The number of fused-ring (bicyclic) bond motifs is 2. The van der Waals surface area contributed by atoms with Crippen molar-refractivity contribution in [2.75, 3.05) is 26.4 Å². The molecule has 3 aromatic rings. The van der Waals surface area contributed by atoms with Crippen molar-refractivity contribution in [3.63, 3.8) is 0 Å². The van der Waals surface area contributed by atoms with Crippen LogP contribution in [-0.4, -0.2) is 48.9 Å². The number of ether oxygens (including phenoxy) is 3. The fourth-order valence-electron chi connectivity index (χ4n) is 4.88. The lowest BCUT2D eigenvalue weighted by Crippen LogP contribution is -2.48. The van der Waals surface area contributed by atoms with Crippen LogP contribution >= 0.6 is 0 Å². The van der Waals surface area contributed by atoms with Crippen LogP contribution in [0, 0.1) is 0 Å². The number of alkyl carbamates (subject to hydrolysis) is 1. The fourth-order valence-corrected chi connectivity index (χ4v) is 4.88. The van der Waals surface area contributed by atoms with Gasteiger partial charge in [0.25, 0.3) is 5.91 Å². The summed E-state index contributed by atoms with van der Waals surface area (Å²) in [6.45, 7) is 1.87. The lowest BCUT2D eigenvalue weighted by Gasteiger charge is -2.37. The Kier molecular flexibility index (Phi) is 4.24. The van der Waals surface area contributed by atoms with Crippen molar-refractivity contribution in [2.45, 2.75) is 18.4 Å². The first kappa shape index (κ1) is 19.0. The summed E-state index contributed by atoms with van der Waals surface area (Å²) in [4.78, 5) is 26.8. The molecule has 1 spiro atoms. The minimum absolute atomic E-state index is 0.00516. The van der Waals surface area contributed by atoms with Gasteiger partial charge >= 0.3 is 6.09 Å². The SMILES string of the molecule is O=C1NCC2(CCN(C(=O)c3cccc4c(-c5ccc6c(c5)OCO6)cccc34)CC2)O1. The molecule has 3 heterocycles. The Morgan fingerprint density at radius 1 is 0.938 bits per heavy atom. The van der Waals surface area contributed by atoms with Gasteiger partial charge in [-0.25, -0.2) is 4.79 Å². The van der Waals surface area contributed by atoms with E-state index in [1.807, 2.05) is 53.4 Å². The van der Waals surface area contributed by atoms with Gasteiger partial charge in [0, 0.05) is 31.5 Å². The predicted octanol–water partition coefficient (Wildman–Crippen LogP) is 3.95. The maximum Gasteiger partial charge on any atom is 0.407 e. The first-order valence-electron chi connectivity index (χ1n) is 10.8. The lowest BCUT2D eigenvalue weighted by atomic mass is 9.90. The molecule has 2 amide bonds. The van der Waals surface area contributed by atoms with Gasteiger partial charge < -0.3 is 24.4 Å². The van der Waals surface area contributed by atoms with E-state index in [2.05, 4.69) is 11.4 Å². The van der Waals surface area contributed by atoms with Gasteiger partial charge in [0.15, 0.2) is 11.5 Å². The monoisotopic (exact) mass is 430 g/mol. The molecular weight excluding hydrogens is 408 g/mol. The second-order valence-electron chi connectivity index (χ2n) is 8.49. The predicted molar refractivity (Wildman–Crippen MR) is 118 cm³/mol. The van der Waals surface area contributed by atoms with Crippen LogP contribution < -0.4 is 14.8 Å². The highest BCUT2D eigenvalue weighted by atomic mass is 16.7. The average molecular weight is 430 g/mol. The Labute approximate surface area is 184 Å². The standard InChI is InChI=1S/C25H22N2O5/c28-23(27-11-9-25(10-12-27)14-26-24(29)32-25)20-6-2-4-18-17(3-1-5-19(18)20)16-7-8-21-22(13-16)31-15-30-21/h1-8,13H,9-12,14-15H2,(H,26,29). The quantitative estimate of drug-likeness (QED) is 0.666. The summed E-state index contributed by atoms with van der Waals surface area (Å²) in [5.74, 6) is 1.48. The molecule has 0 saturated carbocycles. The Balaban J connectivity index is 1.32. The maximum absolute atomic E-state index is 13.4. The molecule has 0 atom stereocenters. The molecule has 6 rings (SSSR count). The molecule has 7 heteroatoms. The normalized spacial score (nSPS) is 18.6. The topological polar surface area (TPSA) is 77.1 Å². The van der Waals surface area contributed by atoms with Crippen molar-refractivity contribution in [3.05, 3.63) is 60.2 Å². The minimum atomic E-state index is -0.473. The summed E-state index contributed by atoms with van der Waals surface area (Å²) in [7, 11) is 0. The number of likely N-dealkylation sites (tertiary alicyclic amines) is 1. The number of nitrogens with one attached hydrogen (secondary N) is 1. The third-order valence-electron chi connectivity index (χ3n) is 6.66. The van der Waals surface area contributed by atoms with E-state index in [1.54, 1.807) is 0 Å². The zero-order valence-electron chi connectivity index (χ0n) is 17.4. The second kappa shape index (κ2) is 7.15. The van der Waals surface area contributed by atoms with Gasteiger partial charge in [-0.2, -0.15) is 0 Å². The number of benzene rings is 3. The van der Waals surface area contributed by atoms with Crippen molar-refractivity contribution in [1.29, 1.82) is 0 Å². The first-order chi connectivity index (χ1) is 15.6. The van der Waals surface area contributed by atoms with E-state index in [0.29, 0.717) is 38.0 Å². The van der Waals surface area contributed by atoms with Crippen molar-refractivity contribution in [3.8, 4) is 22.6 Å². The Hall–Kier alpha value is -3.74. The molecule has 0 unspecified atom stereocenters. The highest BCUT2D eigenvalue weighted by molar-refractivity contribution is 6.10. The van der Waals surface area contributed by atoms with Crippen molar-refractivity contribution < 1.29 is 23.8 Å². The third kappa shape index (κ3) is 3.04. The van der Waals surface area contributed by atoms with Crippen LogP contribution in [0.5, 0.6) is 11.5 Å². The minimum Gasteiger partial charge on any atom is -0.454 e. The van der Waals surface area contributed by atoms with E-state index in [1.165, 1.54) is 0 Å². The van der Waals surface area contributed by atoms with Crippen LogP contribution in [0.2, 0.25) is 0 Å². The van der Waals surface area contributed by atoms with E-state index in [0.717, 1.165) is 33.4 Å². The molecular formula is C25H22N2O5. The number of piperidine rings is 1. The van der Waals surface area contributed by atoms with Crippen molar-refractivity contribution >= 4 is 22.8 Å². The molecule has 1 N–H and O–H groups in total. The molecule has 0 radical (unpaired) electrons. The van der Waals surface area contributed by atoms with Gasteiger partial charge in [-0.05, 0) is 40.1 Å². The van der Waals surface area contributed by atoms with Crippen LogP contribution in [0.25, 0.3) is 21.9 Å². The van der Waals surface area contributed by atoms with Crippen LogP contribution in [0.4, 0.5) is 4.79 Å². The second-order valence-corrected chi connectivity index (χ2v) is 8.49. The Bertz CT molecular complexity index is 1250. The average Bonchev–Trinajstić information content (AvgIpc) is 3.44. The van der Waals surface area contributed by atoms with Gasteiger partial charge in [-0.15, -0.1) is 0 Å². The number of amides is 2. The van der Waals surface area contributed by atoms with Crippen LogP contribution in [0.3, 0.4) is 0 Å². The molecule has 0 aromatic heterocycles. The largest absolute Gasteiger partial charge is 0.454 e. The van der Waals surface area contributed by atoms with E-state index in [4.69, 9.17) is 14.2 Å². The molecule has 2 fully saturated rings. The summed E-state index contributed by atoms with van der Waals surface area (Å²) in [5.41, 5.74) is 2.26. The van der Waals surface area contributed by atoms with Crippen molar-refractivity contribution in [2.24, 2.45) is 0 Å². The van der Waals surface area contributed by atoms with E-state index in [9.17, 15) is 9.59 Å². The molecule has 3 aliphatic heterocycles. The lowest BCUT2D eigenvalue weighted by molar-refractivity contribution is 0.00337. The van der Waals surface area contributed by atoms with Gasteiger partial charge in [0.2, 0.25) is 6.79 Å². The summed E-state index contributed by atoms with van der Waals surface area (Å²) in [6.07, 6.45) is 0.921. The van der Waals surface area contributed by atoms with Crippen molar-refractivity contribution in [1.82, 2.24) is 10.2 Å². The summed E-state index contributed by atoms with van der Waals surface area (Å²) < 4.78 is 16.5. The Morgan fingerprint density at radius 3 is 2.53 bits per heavy atom.